The Morgan fingerprint density at radius 3 is 2.68 bits per heavy atom. The summed E-state index contributed by atoms with van der Waals surface area (Å²) in [4.78, 5) is 13.8. The molecule has 8 nitrogen and oxygen atoms in total. The molecular weight excluding hydrogens is 550 g/mol. The number of hydrogen-bond donors (Lipinski definition) is 3. The second-order valence-electron chi connectivity index (χ2n) is 8.27. The molecule has 0 unspecified atom stereocenters. The molecule has 37 heavy (non-hydrogen) atoms. The monoisotopic (exact) mass is 573 g/mol. The summed E-state index contributed by atoms with van der Waals surface area (Å²) in [6.07, 6.45) is 5.55. The van der Waals surface area contributed by atoms with Crippen molar-refractivity contribution in [3.8, 4) is 17.1 Å². The first-order valence-electron chi connectivity index (χ1n) is 11.5. The number of anilines is 3. The van der Waals surface area contributed by atoms with Crippen molar-refractivity contribution < 1.29 is 4.74 Å². The fourth-order valence-electron chi connectivity index (χ4n) is 3.93. The number of halogens is 1. The van der Waals surface area contributed by atoms with Gasteiger partial charge in [-0.2, -0.15) is 0 Å². The first-order valence-corrected chi connectivity index (χ1v) is 12.7. The van der Waals surface area contributed by atoms with Crippen LogP contribution in [0.2, 0.25) is 0 Å². The highest BCUT2D eigenvalue weighted by atomic mass is 79.9. The van der Waals surface area contributed by atoms with E-state index in [0.29, 0.717) is 23.2 Å². The van der Waals surface area contributed by atoms with E-state index in [4.69, 9.17) is 26.9 Å². The third kappa shape index (κ3) is 5.71. The number of hydrogen-bond acceptors (Lipinski definition) is 6. The van der Waals surface area contributed by atoms with Gasteiger partial charge in [-0.05, 0) is 66.3 Å². The van der Waals surface area contributed by atoms with Crippen molar-refractivity contribution in [2.75, 3.05) is 23.1 Å². The summed E-state index contributed by atoms with van der Waals surface area (Å²) in [6, 6.07) is 19.5. The van der Waals surface area contributed by atoms with Crippen LogP contribution in [0.3, 0.4) is 0 Å². The number of ether oxygens (including phenoxy) is 1. The van der Waals surface area contributed by atoms with Gasteiger partial charge in [0, 0.05) is 47.9 Å². The topological polar surface area (TPSA) is 88.9 Å². The molecule has 0 bridgehead atoms. The Hall–Kier alpha value is -4.02. The largest absolute Gasteiger partial charge is 0.495 e. The van der Waals surface area contributed by atoms with Gasteiger partial charge in [-0.15, -0.1) is 0 Å². The highest BCUT2D eigenvalue weighted by Gasteiger charge is 2.13. The maximum atomic E-state index is 5.55. The average molecular weight is 575 g/mol. The molecular formula is C27H24BrN7OS. The van der Waals surface area contributed by atoms with E-state index in [0.717, 1.165) is 43.8 Å². The second kappa shape index (κ2) is 10.9. The first-order chi connectivity index (χ1) is 18.0. The zero-order valence-corrected chi connectivity index (χ0v) is 22.6. The number of pyridine rings is 1. The maximum absolute atomic E-state index is 5.55. The molecule has 3 aromatic heterocycles. The lowest BCUT2D eigenvalue weighted by atomic mass is 10.2. The van der Waals surface area contributed by atoms with Crippen LogP contribution in [0.15, 0.2) is 83.7 Å². The number of aromatic nitrogens is 4. The van der Waals surface area contributed by atoms with Crippen molar-refractivity contribution in [2.24, 2.45) is 7.05 Å². The number of methoxy groups -OCH3 is 1. The number of thiocarbonyl (C=S) groups is 1. The van der Waals surface area contributed by atoms with Crippen LogP contribution >= 0.6 is 28.1 Å². The molecule has 0 aliphatic carbocycles. The van der Waals surface area contributed by atoms with Gasteiger partial charge in [0.2, 0.25) is 0 Å². The molecule has 3 heterocycles. The van der Waals surface area contributed by atoms with Gasteiger partial charge in [0.1, 0.15) is 11.3 Å². The Bertz CT molecular complexity index is 1570. The Morgan fingerprint density at radius 2 is 1.86 bits per heavy atom. The predicted molar refractivity (Wildman–Crippen MR) is 156 cm³/mol. The van der Waals surface area contributed by atoms with E-state index in [2.05, 4.69) is 36.9 Å². The highest BCUT2D eigenvalue weighted by Crippen LogP contribution is 2.29. The summed E-state index contributed by atoms with van der Waals surface area (Å²) in [6.45, 7) is 0.625. The van der Waals surface area contributed by atoms with Crippen LogP contribution in [-0.2, 0) is 13.6 Å². The molecule has 186 valence electrons. The minimum absolute atomic E-state index is 0.438. The normalized spacial score (nSPS) is 10.8. The highest BCUT2D eigenvalue weighted by molar-refractivity contribution is 9.10. The molecule has 0 saturated heterocycles. The summed E-state index contributed by atoms with van der Waals surface area (Å²) in [5.74, 6) is 2.08. The van der Waals surface area contributed by atoms with Crippen LogP contribution in [0, 0.1) is 0 Å². The van der Waals surface area contributed by atoms with E-state index in [-0.39, 0.29) is 0 Å². The summed E-state index contributed by atoms with van der Waals surface area (Å²) in [5, 5.41) is 10.3. The molecule has 5 aromatic rings. The molecule has 0 saturated carbocycles. The van der Waals surface area contributed by atoms with Crippen molar-refractivity contribution in [1.29, 1.82) is 0 Å². The first kappa shape index (κ1) is 24.7. The van der Waals surface area contributed by atoms with Gasteiger partial charge in [-0.25, -0.2) is 9.97 Å². The lowest BCUT2D eigenvalue weighted by molar-refractivity contribution is 0.417. The van der Waals surface area contributed by atoms with Gasteiger partial charge in [-0.1, -0.05) is 28.1 Å². The quantitative estimate of drug-likeness (QED) is 0.198. The maximum Gasteiger partial charge on any atom is 0.175 e. The van der Waals surface area contributed by atoms with Crippen LogP contribution in [-0.4, -0.2) is 31.7 Å². The van der Waals surface area contributed by atoms with Crippen LogP contribution in [0.4, 0.5) is 17.2 Å². The van der Waals surface area contributed by atoms with Crippen LogP contribution in [0.25, 0.3) is 22.4 Å². The van der Waals surface area contributed by atoms with E-state index < -0.39 is 0 Å². The fourth-order valence-corrected chi connectivity index (χ4v) is 4.52. The van der Waals surface area contributed by atoms with Crippen LogP contribution < -0.4 is 20.7 Å². The minimum atomic E-state index is 0.438. The van der Waals surface area contributed by atoms with Crippen molar-refractivity contribution in [3.63, 3.8) is 0 Å². The minimum Gasteiger partial charge on any atom is -0.495 e. The molecule has 0 amide bonds. The number of aryl methyl sites for hydroxylation is 1. The molecule has 0 aliphatic rings. The Kier molecular flexibility index (Phi) is 7.29. The number of fused-ring (bicyclic) bond motifs is 1. The fraction of sp³-hybridized carbons (Fsp3) is 0.111. The smallest absolute Gasteiger partial charge is 0.175 e. The molecule has 2 aromatic carbocycles. The molecule has 0 spiro atoms. The van der Waals surface area contributed by atoms with Crippen LogP contribution in [0.1, 0.15) is 5.56 Å². The predicted octanol–water partition coefficient (Wildman–Crippen LogP) is 6.22. The SMILES string of the molecule is COc1ccc(Br)cc1NC(=S)Nc1cccc(-c2nc(NCc3ccncc3)c3c(ccn3C)n2)c1. The lowest BCUT2D eigenvalue weighted by Crippen LogP contribution is -2.19. The third-order valence-electron chi connectivity index (χ3n) is 5.72. The van der Waals surface area contributed by atoms with Gasteiger partial charge >= 0.3 is 0 Å². The molecule has 0 atom stereocenters. The summed E-state index contributed by atoms with van der Waals surface area (Å²) in [7, 11) is 3.61. The van der Waals surface area contributed by atoms with Crippen molar-refractivity contribution in [1.82, 2.24) is 19.5 Å². The standard InChI is InChI=1S/C27H24BrN7OS/c1-35-13-10-21-24(35)26(30-16-17-8-11-29-12-9-17)34-25(32-21)18-4-3-5-20(14-18)31-27(37)33-22-15-19(28)6-7-23(22)36-2/h3-15H,16H2,1-2H3,(H,30,32,34)(H2,31,33,37). The molecule has 0 fully saturated rings. The summed E-state index contributed by atoms with van der Waals surface area (Å²) >= 11 is 9.04. The van der Waals surface area contributed by atoms with Gasteiger partial charge in [0.25, 0.3) is 0 Å². The Morgan fingerprint density at radius 1 is 1.03 bits per heavy atom. The second-order valence-corrected chi connectivity index (χ2v) is 9.59. The van der Waals surface area contributed by atoms with Gasteiger partial charge in [-0.3, -0.25) is 4.98 Å². The van der Waals surface area contributed by atoms with Gasteiger partial charge in [0.15, 0.2) is 16.8 Å². The van der Waals surface area contributed by atoms with Crippen LogP contribution in [0.5, 0.6) is 5.75 Å². The van der Waals surface area contributed by atoms with Crippen molar-refractivity contribution in [3.05, 3.63) is 89.3 Å². The molecule has 5 rings (SSSR count). The molecule has 3 N–H and O–H groups in total. The van der Waals surface area contributed by atoms with Crippen molar-refractivity contribution >= 4 is 61.5 Å². The Balaban J connectivity index is 1.39. The van der Waals surface area contributed by atoms with E-state index in [1.54, 1.807) is 19.5 Å². The van der Waals surface area contributed by atoms with E-state index in [1.807, 2.05) is 78.5 Å². The van der Waals surface area contributed by atoms with Crippen molar-refractivity contribution in [2.45, 2.75) is 6.54 Å². The zero-order chi connectivity index (χ0) is 25.8. The summed E-state index contributed by atoms with van der Waals surface area (Å²) < 4.78 is 8.37. The zero-order valence-electron chi connectivity index (χ0n) is 20.2. The Labute approximate surface area is 228 Å². The summed E-state index contributed by atoms with van der Waals surface area (Å²) in [5.41, 5.74) is 5.36. The number of nitrogens with one attached hydrogen (secondary N) is 3. The van der Waals surface area contributed by atoms with E-state index in [9.17, 15) is 0 Å². The molecule has 10 heteroatoms. The molecule has 0 radical (unpaired) electrons. The average Bonchev–Trinajstić information content (AvgIpc) is 3.29. The third-order valence-corrected chi connectivity index (χ3v) is 6.41. The lowest BCUT2D eigenvalue weighted by Gasteiger charge is -2.14. The number of nitrogens with zero attached hydrogens (tertiary/aromatic N) is 4. The van der Waals surface area contributed by atoms with E-state index >= 15 is 0 Å². The van der Waals surface area contributed by atoms with E-state index in [1.165, 1.54) is 0 Å². The number of benzene rings is 2. The van der Waals surface area contributed by atoms with Gasteiger partial charge in [0.05, 0.1) is 18.3 Å². The number of rotatable bonds is 7. The molecule has 0 aliphatic heterocycles. The van der Waals surface area contributed by atoms with Gasteiger partial charge < -0.3 is 25.3 Å².